The average molecular weight is 346 g/mol. The fourth-order valence-corrected chi connectivity index (χ4v) is 2.37. The molecule has 3 N–H and O–H groups in total. The minimum Gasteiger partial charge on any atom is -0.465 e. The average Bonchev–Trinajstić information content (AvgIpc) is 3.10. The number of esters is 1. The normalized spacial score (nSPS) is 9.95. The lowest BCUT2D eigenvalue weighted by Crippen LogP contribution is -2.23. The molecule has 120 valence electrons. The maximum atomic E-state index is 11.9. The number of aromatic nitrogens is 1. The van der Waals surface area contributed by atoms with E-state index < -0.39 is 5.97 Å². The van der Waals surface area contributed by atoms with E-state index >= 15 is 0 Å². The number of amides is 1. The third-order valence-corrected chi connectivity index (χ3v) is 3.63. The lowest BCUT2D eigenvalue weighted by molar-refractivity contribution is 0.0598. The van der Waals surface area contributed by atoms with Crippen molar-refractivity contribution >= 4 is 35.6 Å². The zero-order valence-corrected chi connectivity index (χ0v) is 13.7. The molecule has 2 aromatic rings. The number of rotatable bonds is 5. The first-order valence-corrected chi connectivity index (χ1v) is 7.03. The second-order valence-electron chi connectivity index (χ2n) is 4.19. The maximum Gasteiger partial charge on any atom is 0.341 e. The van der Waals surface area contributed by atoms with E-state index in [4.69, 9.17) is 10.2 Å². The number of furan rings is 1. The summed E-state index contributed by atoms with van der Waals surface area (Å²) in [5, 5.41) is 5.01. The SMILES string of the molecule is COC(=O)c1cc(CNC(=O)c2csc(CN)n2)oc1C.Cl. The highest BCUT2D eigenvalue weighted by Crippen LogP contribution is 2.16. The summed E-state index contributed by atoms with van der Waals surface area (Å²) < 4.78 is 10.0. The molecule has 0 aliphatic heterocycles. The first-order valence-electron chi connectivity index (χ1n) is 6.15. The topological polar surface area (TPSA) is 107 Å². The lowest BCUT2D eigenvalue weighted by Gasteiger charge is -1.99. The zero-order chi connectivity index (χ0) is 15.4. The quantitative estimate of drug-likeness (QED) is 0.798. The van der Waals surface area contributed by atoms with Crippen molar-refractivity contribution in [3.8, 4) is 0 Å². The molecule has 7 nitrogen and oxygen atoms in total. The van der Waals surface area contributed by atoms with Gasteiger partial charge < -0.3 is 20.2 Å². The fraction of sp³-hybridized carbons (Fsp3) is 0.308. The minimum atomic E-state index is -0.471. The Morgan fingerprint density at radius 2 is 2.23 bits per heavy atom. The Morgan fingerprint density at radius 3 is 2.82 bits per heavy atom. The predicted octanol–water partition coefficient (Wildman–Crippen LogP) is 1.64. The van der Waals surface area contributed by atoms with Crippen LogP contribution in [0.3, 0.4) is 0 Å². The van der Waals surface area contributed by atoms with Gasteiger partial charge in [0.1, 0.15) is 27.8 Å². The zero-order valence-electron chi connectivity index (χ0n) is 12.0. The van der Waals surface area contributed by atoms with Crippen molar-refractivity contribution in [3.05, 3.63) is 39.2 Å². The first-order chi connectivity index (χ1) is 10.0. The molecule has 0 unspecified atom stereocenters. The summed E-state index contributed by atoms with van der Waals surface area (Å²) in [7, 11) is 1.30. The van der Waals surface area contributed by atoms with Gasteiger partial charge in [0.05, 0.1) is 13.7 Å². The van der Waals surface area contributed by atoms with Gasteiger partial charge in [-0.05, 0) is 13.0 Å². The van der Waals surface area contributed by atoms with E-state index in [-0.39, 0.29) is 24.9 Å². The number of carbonyl (C=O) groups is 2. The van der Waals surface area contributed by atoms with Gasteiger partial charge in [-0.15, -0.1) is 23.7 Å². The molecule has 0 spiro atoms. The van der Waals surface area contributed by atoms with Crippen LogP contribution < -0.4 is 11.1 Å². The minimum absolute atomic E-state index is 0. The van der Waals surface area contributed by atoms with Gasteiger partial charge in [0, 0.05) is 11.9 Å². The highest BCUT2D eigenvalue weighted by atomic mass is 35.5. The number of nitrogens with zero attached hydrogens (tertiary/aromatic N) is 1. The van der Waals surface area contributed by atoms with Crippen molar-refractivity contribution in [2.24, 2.45) is 5.73 Å². The molecule has 0 bridgehead atoms. The fourth-order valence-electron chi connectivity index (χ4n) is 1.71. The number of hydrogen-bond donors (Lipinski definition) is 2. The van der Waals surface area contributed by atoms with Crippen molar-refractivity contribution in [2.45, 2.75) is 20.0 Å². The monoisotopic (exact) mass is 345 g/mol. The van der Waals surface area contributed by atoms with E-state index in [1.54, 1.807) is 18.4 Å². The van der Waals surface area contributed by atoms with Crippen molar-refractivity contribution < 1.29 is 18.7 Å². The van der Waals surface area contributed by atoms with Crippen LogP contribution in [0, 0.1) is 6.92 Å². The van der Waals surface area contributed by atoms with Crippen LogP contribution >= 0.6 is 23.7 Å². The summed E-state index contributed by atoms with van der Waals surface area (Å²) >= 11 is 1.33. The number of nitrogens with one attached hydrogen (secondary N) is 1. The smallest absolute Gasteiger partial charge is 0.341 e. The van der Waals surface area contributed by atoms with Crippen LogP contribution in [-0.4, -0.2) is 24.0 Å². The number of ether oxygens (including phenoxy) is 1. The second kappa shape index (κ2) is 7.92. The summed E-state index contributed by atoms with van der Waals surface area (Å²) in [4.78, 5) is 27.4. The van der Waals surface area contributed by atoms with Gasteiger partial charge in [-0.1, -0.05) is 0 Å². The molecule has 0 aliphatic carbocycles. The second-order valence-corrected chi connectivity index (χ2v) is 5.13. The van der Waals surface area contributed by atoms with Crippen LogP contribution in [-0.2, 0) is 17.8 Å². The Bertz CT molecular complexity index is 668. The summed E-state index contributed by atoms with van der Waals surface area (Å²) in [6, 6.07) is 1.55. The van der Waals surface area contributed by atoms with Crippen molar-refractivity contribution in [1.82, 2.24) is 10.3 Å². The first kappa shape index (κ1) is 18.1. The summed E-state index contributed by atoms with van der Waals surface area (Å²) in [6.07, 6.45) is 0. The van der Waals surface area contributed by atoms with Gasteiger partial charge >= 0.3 is 5.97 Å². The molecular formula is C13H16ClN3O4S. The van der Waals surface area contributed by atoms with Crippen molar-refractivity contribution in [3.63, 3.8) is 0 Å². The summed E-state index contributed by atoms with van der Waals surface area (Å²) in [6.45, 7) is 2.12. The molecule has 2 heterocycles. The van der Waals surface area contributed by atoms with Crippen LogP contribution in [0.25, 0.3) is 0 Å². The van der Waals surface area contributed by atoms with Crippen LogP contribution in [0.5, 0.6) is 0 Å². The van der Waals surface area contributed by atoms with E-state index in [1.807, 2.05) is 0 Å². The largest absolute Gasteiger partial charge is 0.465 e. The van der Waals surface area contributed by atoms with Gasteiger partial charge in [-0.2, -0.15) is 0 Å². The highest BCUT2D eigenvalue weighted by Gasteiger charge is 2.16. The molecule has 0 radical (unpaired) electrons. The standard InChI is InChI=1S/C13H15N3O4S.ClH/c1-7-9(13(18)19-2)3-8(20-7)5-15-12(17)10-6-21-11(4-14)16-10;/h3,6H,4-5,14H2,1-2H3,(H,15,17);1H. The van der Waals surface area contributed by atoms with Crippen LogP contribution in [0.1, 0.15) is 37.4 Å². The number of methoxy groups -OCH3 is 1. The van der Waals surface area contributed by atoms with Gasteiger partial charge in [0.2, 0.25) is 0 Å². The molecule has 9 heteroatoms. The molecule has 0 saturated carbocycles. The van der Waals surface area contributed by atoms with Crippen LogP contribution in [0.4, 0.5) is 0 Å². The van der Waals surface area contributed by atoms with E-state index in [1.165, 1.54) is 18.4 Å². The van der Waals surface area contributed by atoms with E-state index in [2.05, 4.69) is 15.0 Å². The summed E-state index contributed by atoms with van der Waals surface area (Å²) in [5.74, 6) is 0.126. The Kier molecular flexibility index (Phi) is 6.54. The number of carbonyl (C=O) groups excluding carboxylic acids is 2. The Hall–Kier alpha value is -1.90. The molecular weight excluding hydrogens is 330 g/mol. The van der Waals surface area contributed by atoms with Crippen molar-refractivity contribution in [1.29, 1.82) is 0 Å². The molecule has 0 atom stereocenters. The molecule has 0 aliphatic rings. The predicted molar refractivity (Wildman–Crippen MR) is 83.2 cm³/mol. The number of aryl methyl sites for hydroxylation is 1. The number of halogens is 1. The van der Waals surface area contributed by atoms with Gasteiger partial charge in [-0.25, -0.2) is 9.78 Å². The molecule has 0 fully saturated rings. The Morgan fingerprint density at radius 1 is 1.50 bits per heavy atom. The molecule has 0 aromatic carbocycles. The van der Waals surface area contributed by atoms with Gasteiger partial charge in [0.15, 0.2) is 0 Å². The number of hydrogen-bond acceptors (Lipinski definition) is 7. The molecule has 2 aromatic heterocycles. The van der Waals surface area contributed by atoms with Gasteiger partial charge in [-0.3, -0.25) is 4.79 Å². The summed E-state index contributed by atoms with van der Waals surface area (Å²) in [5.41, 5.74) is 6.11. The van der Waals surface area contributed by atoms with Crippen molar-refractivity contribution in [2.75, 3.05) is 7.11 Å². The Balaban J connectivity index is 0.00000242. The van der Waals surface area contributed by atoms with E-state index in [0.29, 0.717) is 34.3 Å². The van der Waals surface area contributed by atoms with Crippen LogP contribution in [0.2, 0.25) is 0 Å². The third-order valence-electron chi connectivity index (χ3n) is 2.76. The molecule has 22 heavy (non-hydrogen) atoms. The highest BCUT2D eigenvalue weighted by molar-refractivity contribution is 7.09. The maximum absolute atomic E-state index is 11.9. The van der Waals surface area contributed by atoms with Gasteiger partial charge in [0.25, 0.3) is 5.91 Å². The van der Waals surface area contributed by atoms with E-state index in [9.17, 15) is 9.59 Å². The third kappa shape index (κ3) is 4.06. The number of nitrogens with two attached hydrogens (primary N) is 1. The van der Waals surface area contributed by atoms with Crippen LogP contribution in [0.15, 0.2) is 15.9 Å². The lowest BCUT2D eigenvalue weighted by atomic mass is 10.2. The Labute approximate surface area is 137 Å². The molecule has 0 saturated heterocycles. The molecule has 1 amide bonds. The van der Waals surface area contributed by atoms with E-state index in [0.717, 1.165) is 0 Å². The number of thiazole rings is 1. The molecule has 2 rings (SSSR count).